The number of rotatable bonds is 5. The van der Waals surface area contributed by atoms with E-state index in [-0.39, 0.29) is 10.6 Å². The van der Waals surface area contributed by atoms with Crippen LogP contribution in [0, 0.1) is 5.82 Å². The monoisotopic (exact) mass is 281 g/mol. The fourth-order valence-corrected chi connectivity index (χ4v) is 1.84. The van der Waals surface area contributed by atoms with Gasteiger partial charge in [-0.05, 0) is 18.6 Å². The van der Waals surface area contributed by atoms with Crippen molar-refractivity contribution >= 4 is 17.5 Å². The quantitative estimate of drug-likeness (QED) is 0.828. The van der Waals surface area contributed by atoms with Gasteiger partial charge in [0, 0.05) is 25.4 Å². The molecule has 0 radical (unpaired) electrons. The summed E-state index contributed by atoms with van der Waals surface area (Å²) in [7, 11) is 0. The third-order valence-corrected chi connectivity index (χ3v) is 2.92. The van der Waals surface area contributed by atoms with E-state index in [4.69, 9.17) is 11.6 Å². The molecule has 0 saturated heterocycles. The Labute approximate surface area is 115 Å². The summed E-state index contributed by atoms with van der Waals surface area (Å²) < 4.78 is 13.6. The van der Waals surface area contributed by atoms with E-state index in [1.807, 2.05) is 0 Å². The molecule has 2 rings (SSSR count). The number of hydrogen-bond donors (Lipinski definition) is 2. The first-order chi connectivity index (χ1) is 9.18. The summed E-state index contributed by atoms with van der Waals surface area (Å²) in [6.45, 7) is 0.450. The van der Waals surface area contributed by atoms with Crippen molar-refractivity contribution < 1.29 is 9.18 Å². The Morgan fingerprint density at radius 2 is 2.32 bits per heavy atom. The second-order valence-corrected chi connectivity index (χ2v) is 4.40. The van der Waals surface area contributed by atoms with Gasteiger partial charge >= 0.3 is 0 Å². The van der Waals surface area contributed by atoms with Gasteiger partial charge < -0.3 is 10.3 Å². The number of aromatic nitrogens is 2. The van der Waals surface area contributed by atoms with Crippen molar-refractivity contribution in [2.24, 2.45) is 0 Å². The van der Waals surface area contributed by atoms with Crippen LogP contribution in [0.1, 0.15) is 22.6 Å². The standard InChI is InChI=1S/C13H13ClFN3O/c14-10-4-1-3-9(12(10)15)13(19)18-6-2-5-11-16-7-8-17-11/h1,3-4,7-8H,2,5-6H2,(H,16,17)(H,18,19). The first kappa shape index (κ1) is 13.5. The van der Waals surface area contributed by atoms with Crippen LogP contribution in [0.25, 0.3) is 0 Å². The molecule has 0 saturated carbocycles. The van der Waals surface area contributed by atoms with E-state index in [0.29, 0.717) is 6.54 Å². The van der Waals surface area contributed by atoms with E-state index in [9.17, 15) is 9.18 Å². The summed E-state index contributed by atoms with van der Waals surface area (Å²) in [5, 5.41) is 2.60. The molecule has 0 aliphatic rings. The number of hydrogen-bond acceptors (Lipinski definition) is 2. The lowest BCUT2D eigenvalue weighted by atomic mass is 10.2. The molecule has 1 aromatic carbocycles. The van der Waals surface area contributed by atoms with Gasteiger partial charge in [0.2, 0.25) is 0 Å². The fourth-order valence-electron chi connectivity index (χ4n) is 1.67. The molecule has 1 heterocycles. The lowest BCUT2D eigenvalue weighted by Crippen LogP contribution is -2.25. The van der Waals surface area contributed by atoms with Crippen LogP contribution in [-0.2, 0) is 6.42 Å². The van der Waals surface area contributed by atoms with E-state index >= 15 is 0 Å². The minimum Gasteiger partial charge on any atom is -0.352 e. The van der Waals surface area contributed by atoms with Crippen LogP contribution in [-0.4, -0.2) is 22.4 Å². The normalized spacial score (nSPS) is 10.4. The highest BCUT2D eigenvalue weighted by Gasteiger charge is 2.13. The predicted molar refractivity (Wildman–Crippen MR) is 70.7 cm³/mol. The van der Waals surface area contributed by atoms with Crippen LogP contribution in [0.2, 0.25) is 5.02 Å². The van der Waals surface area contributed by atoms with Gasteiger partial charge in [-0.15, -0.1) is 0 Å². The van der Waals surface area contributed by atoms with Crippen LogP contribution < -0.4 is 5.32 Å². The first-order valence-electron chi connectivity index (χ1n) is 5.89. The number of halogens is 2. The maximum absolute atomic E-state index is 13.6. The lowest BCUT2D eigenvalue weighted by molar-refractivity contribution is 0.0949. The Morgan fingerprint density at radius 3 is 3.05 bits per heavy atom. The average Bonchev–Trinajstić information content (AvgIpc) is 2.91. The zero-order chi connectivity index (χ0) is 13.7. The van der Waals surface area contributed by atoms with Gasteiger partial charge in [-0.1, -0.05) is 17.7 Å². The maximum Gasteiger partial charge on any atom is 0.254 e. The van der Waals surface area contributed by atoms with Gasteiger partial charge in [-0.2, -0.15) is 0 Å². The molecule has 1 aromatic heterocycles. The van der Waals surface area contributed by atoms with E-state index in [1.54, 1.807) is 18.5 Å². The largest absolute Gasteiger partial charge is 0.352 e. The number of aromatic amines is 1. The molecule has 19 heavy (non-hydrogen) atoms. The highest BCUT2D eigenvalue weighted by molar-refractivity contribution is 6.31. The van der Waals surface area contributed by atoms with Crippen LogP contribution in [0.4, 0.5) is 4.39 Å². The third kappa shape index (κ3) is 3.54. The number of benzene rings is 1. The number of H-pyrrole nitrogens is 1. The first-order valence-corrected chi connectivity index (χ1v) is 6.26. The molecular weight excluding hydrogens is 269 g/mol. The maximum atomic E-state index is 13.6. The Morgan fingerprint density at radius 1 is 1.47 bits per heavy atom. The summed E-state index contributed by atoms with van der Waals surface area (Å²) in [4.78, 5) is 18.8. The minimum atomic E-state index is -0.687. The SMILES string of the molecule is O=C(NCCCc1ncc[nH]1)c1cccc(Cl)c1F. The second kappa shape index (κ2) is 6.33. The van der Waals surface area contributed by atoms with Gasteiger partial charge in [-0.3, -0.25) is 4.79 Å². The zero-order valence-corrected chi connectivity index (χ0v) is 10.9. The molecule has 0 spiro atoms. The molecule has 6 heteroatoms. The molecule has 100 valence electrons. The topological polar surface area (TPSA) is 57.8 Å². The molecular formula is C13H13ClFN3O. The highest BCUT2D eigenvalue weighted by atomic mass is 35.5. The van der Waals surface area contributed by atoms with E-state index in [2.05, 4.69) is 15.3 Å². The third-order valence-electron chi connectivity index (χ3n) is 2.63. The van der Waals surface area contributed by atoms with Crippen molar-refractivity contribution in [2.45, 2.75) is 12.8 Å². The number of nitrogens with one attached hydrogen (secondary N) is 2. The fraction of sp³-hybridized carbons (Fsp3) is 0.231. The average molecular weight is 282 g/mol. The van der Waals surface area contributed by atoms with Crippen molar-refractivity contribution in [3.05, 3.63) is 52.8 Å². The zero-order valence-electron chi connectivity index (χ0n) is 10.1. The van der Waals surface area contributed by atoms with E-state index < -0.39 is 11.7 Å². The van der Waals surface area contributed by atoms with Crippen LogP contribution in [0.5, 0.6) is 0 Å². The minimum absolute atomic E-state index is 0.0366. The summed E-state index contributed by atoms with van der Waals surface area (Å²) in [5.74, 6) is -0.282. The van der Waals surface area contributed by atoms with Gasteiger partial charge in [0.1, 0.15) is 5.82 Å². The highest BCUT2D eigenvalue weighted by Crippen LogP contribution is 2.17. The Hall–Kier alpha value is -1.88. The number of carbonyl (C=O) groups excluding carboxylic acids is 1. The van der Waals surface area contributed by atoms with Gasteiger partial charge in [0.15, 0.2) is 5.82 Å². The Bertz CT molecular complexity index is 557. The smallest absolute Gasteiger partial charge is 0.254 e. The molecule has 4 nitrogen and oxygen atoms in total. The summed E-state index contributed by atoms with van der Waals surface area (Å²) in [6.07, 6.45) is 4.87. The van der Waals surface area contributed by atoms with Crippen LogP contribution >= 0.6 is 11.6 Å². The molecule has 0 aliphatic heterocycles. The van der Waals surface area contributed by atoms with Gasteiger partial charge in [0.25, 0.3) is 5.91 Å². The van der Waals surface area contributed by atoms with Crippen molar-refractivity contribution in [2.75, 3.05) is 6.54 Å². The summed E-state index contributed by atoms with van der Waals surface area (Å²) >= 11 is 5.62. The van der Waals surface area contributed by atoms with E-state index in [1.165, 1.54) is 12.1 Å². The Balaban J connectivity index is 1.83. The Kier molecular flexibility index (Phi) is 4.52. The van der Waals surface area contributed by atoms with Crippen molar-refractivity contribution in [3.63, 3.8) is 0 Å². The number of aryl methyl sites for hydroxylation is 1. The van der Waals surface area contributed by atoms with Gasteiger partial charge in [0.05, 0.1) is 10.6 Å². The number of imidazole rings is 1. The molecule has 2 N–H and O–H groups in total. The second-order valence-electron chi connectivity index (χ2n) is 4.00. The number of amides is 1. The molecule has 0 unspecified atom stereocenters. The predicted octanol–water partition coefficient (Wildman–Crippen LogP) is 2.56. The van der Waals surface area contributed by atoms with Crippen LogP contribution in [0.15, 0.2) is 30.6 Å². The summed E-state index contributed by atoms with van der Waals surface area (Å²) in [6, 6.07) is 4.36. The molecule has 1 amide bonds. The molecule has 0 atom stereocenters. The lowest BCUT2D eigenvalue weighted by Gasteiger charge is -2.06. The van der Waals surface area contributed by atoms with E-state index in [0.717, 1.165) is 18.7 Å². The summed E-state index contributed by atoms with van der Waals surface area (Å²) in [5.41, 5.74) is -0.0366. The number of carbonyl (C=O) groups is 1. The van der Waals surface area contributed by atoms with Crippen LogP contribution in [0.3, 0.4) is 0 Å². The van der Waals surface area contributed by atoms with Crippen molar-refractivity contribution in [1.82, 2.24) is 15.3 Å². The van der Waals surface area contributed by atoms with Crippen molar-refractivity contribution in [3.8, 4) is 0 Å². The molecule has 0 aliphatic carbocycles. The van der Waals surface area contributed by atoms with Gasteiger partial charge in [-0.25, -0.2) is 9.37 Å². The number of nitrogens with zero attached hydrogens (tertiary/aromatic N) is 1. The molecule has 2 aromatic rings. The van der Waals surface area contributed by atoms with Crippen molar-refractivity contribution in [1.29, 1.82) is 0 Å². The molecule has 0 fully saturated rings. The molecule has 0 bridgehead atoms.